The van der Waals surface area contributed by atoms with Crippen molar-refractivity contribution < 1.29 is 27.9 Å². The van der Waals surface area contributed by atoms with Crippen LogP contribution in [0.15, 0.2) is 48.5 Å². The van der Waals surface area contributed by atoms with E-state index in [4.69, 9.17) is 4.74 Å². The van der Waals surface area contributed by atoms with Crippen molar-refractivity contribution in [1.82, 2.24) is 5.32 Å². The van der Waals surface area contributed by atoms with E-state index in [0.29, 0.717) is 11.8 Å². The summed E-state index contributed by atoms with van der Waals surface area (Å²) in [6.45, 7) is -0.554. The molecular formula is C19H18F2N2O4. The molecule has 0 fully saturated rings. The lowest BCUT2D eigenvalue weighted by Gasteiger charge is -2.17. The minimum Gasteiger partial charge on any atom is -0.455 e. The molecule has 0 aromatic heterocycles. The molecule has 8 heteroatoms. The summed E-state index contributed by atoms with van der Waals surface area (Å²) >= 11 is 0. The molecule has 0 saturated heterocycles. The number of likely N-dealkylation sites (N-methyl/N-ethyl adjacent to an activating group) is 1. The zero-order valence-corrected chi connectivity index (χ0v) is 14.6. The van der Waals surface area contributed by atoms with Crippen LogP contribution in [0.5, 0.6) is 0 Å². The Bertz CT molecular complexity index is 828. The van der Waals surface area contributed by atoms with Crippen LogP contribution in [0, 0.1) is 11.6 Å². The first kappa shape index (κ1) is 20.0. The van der Waals surface area contributed by atoms with Crippen molar-refractivity contribution in [3.05, 3.63) is 65.7 Å². The van der Waals surface area contributed by atoms with Gasteiger partial charge in [0.2, 0.25) is 0 Å². The molecule has 0 aliphatic carbocycles. The van der Waals surface area contributed by atoms with Crippen molar-refractivity contribution in [1.29, 1.82) is 0 Å². The molecule has 142 valence electrons. The van der Waals surface area contributed by atoms with E-state index in [1.165, 1.54) is 4.90 Å². The van der Waals surface area contributed by atoms with Gasteiger partial charge in [0.1, 0.15) is 11.6 Å². The van der Waals surface area contributed by atoms with E-state index in [-0.39, 0.29) is 18.5 Å². The van der Waals surface area contributed by atoms with E-state index in [1.54, 1.807) is 31.3 Å². The topological polar surface area (TPSA) is 75.7 Å². The summed E-state index contributed by atoms with van der Waals surface area (Å²) < 4.78 is 31.2. The number of ether oxygens (including phenoxy) is 1. The fourth-order valence-corrected chi connectivity index (χ4v) is 2.15. The number of amides is 2. The Kier molecular flexibility index (Phi) is 6.99. The highest BCUT2D eigenvalue weighted by atomic mass is 19.1. The molecule has 0 aliphatic rings. The number of nitrogens with zero attached hydrogens (tertiary/aromatic N) is 1. The summed E-state index contributed by atoms with van der Waals surface area (Å²) in [6, 6.07) is 11.4. The lowest BCUT2D eigenvalue weighted by Crippen LogP contribution is -2.32. The standard InChI is InChI=1S/C19H18F2N2O4/c1-23(14-5-3-2-4-6-14)17(24)12-27-18(25)9-10-22-19(26)15-8-7-13(20)11-16(15)21/h2-8,11H,9-10,12H2,1H3,(H,22,26). The van der Waals surface area contributed by atoms with E-state index in [0.717, 1.165) is 12.1 Å². The first-order valence-electron chi connectivity index (χ1n) is 8.09. The normalized spacial score (nSPS) is 10.2. The third-order valence-corrected chi connectivity index (χ3v) is 3.66. The van der Waals surface area contributed by atoms with E-state index in [1.807, 2.05) is 6.07 Å². The van der Waals surface area contributed by atoms with Crippen LogP contribution in [0.25, 0.3) is 0 Å². The number of para-hydroxylation sites is 1. The van der Waals surface area contributed by atoms with Crippen LogP contribution >= 0.6 is 0 Å². The minimum atomic E-state index is -0.996. The van der Waals surface area contributed by atoms with E-state index in [2.05, 4.69) is 5.32 Å². The molecule has 2 aromatic carbocycles. The van der Waals surface area contributed by atoms with Gasteiger partial charge in [0.15, 0.2) is 6.61 Å². The number of halogens is 2. The highest BCUT2D eigenvalue weighted by molar-refractivity contribution is 5.95. The number of benzene rings is 2. The predicted octanol–water partition coefficient (Wildman–Crippen LogP) is 2.29. The molecule has 0 radical (unpaired) electrons. The largest absolute Gasteiger partial charge is 0.455 e. The number of carbonyl (C=O) groups excluding carboxylic acids is 3. The Morgan fingerprint density at radius 1 is 1.07 bits per heavy atom. The molecule has 6 nitrogen and oxygen atoms in total. The van der Waals surface area contributed by atoms with Gasteiger partial charge in [0, 0.05) is 25.3 Å². The van der Waals surface area contributed by atoms with Crippen LogP contribution in [0.2, 0.25) is 0 Å². The molecule has 0 unspecified atom stereocenters. The second-order valence-corrected chi connectivity index (χ2v) is 5.58. The van der Waals surface area contributed by atoms with Crippen molar-refractivity contribution in [3.8, 4) is 0 Å². The van der Waals surface area contributed by atoms with Gasteiger partial charge in [0.25, 0.3) is 11.8 Å². The maximum absolute atomic E-state index is 13.5. The fraction of sp³-hybridized carbons (Fsp3) is 0.211. The average molecular weight is 376 g/mol. The van der Waals surface area contributed by atoms with Gasteiger partial charge in [-0.15, -0.1) is 0 Å². The average Bonchev–Trinajstić information content (AvgIpc) is 2.66. The maximum atomic E-state index is 13.5. The van der Waals surface area contributed by atoms with Crippen LogP contribution in [0.1, 0.15) is 16.8 Å². The Hall–Kier alpha value is -3.29. The number of anilines is 1. The highest BCUT2D eigenvalue weighted by Gasteiger charge is 2.15. The molecule has 2 aromatic rings. The lowest BCUT2D eigenvalue weighted by molar-refractivity contribution is -0.147. The predicted molar refractivity (Wildman–Crippen MR) is 94.1 cm³/mol. The van der Waals surface area contributed by atoms with Gasteiger partial charge in [0.05, 0.1) is 12.0 Å². The molecule has 0 spiro atoms. The lowest BCUT2D eigenvalue weighted by atomic mass is 10.2. The van der Waals surface area contributed by atoms with Crippen LogP contribution in [-0.2, 0) is 14.3 Å². The van der Waals surface area contributed by atoms with Crippen LogP contribution < -0.4 is 10.2 Å². The van der Waals surface area contributed by atoms with E-state index in [9.17, 15) is 23.2 Å². The SMILES string of the molecule is CN(C(=O)COC(=O)CCNC(=O)c1ccc(F)cc1F)c1ccccc1. The Labute approximate surface area is 154 Å². The molecule has 27 heavy (non-hydrogen) atoms. The molecule has 0 bridgehead atoms. The molecule has 0 heterocycles. The second-order valence-electron chi connectivity index (χ2n) is 5.58. The number of hydrogen-bond acceptors (Lipinski definition) is 4. The van der Waals surface area contributed by atoms with Crippen molar-refractivity contribution in [2.24, 2.45) is 0 Å². The molecule has 0 saturated carbocycles. The summed E-state index contributed by atoms with van der Waals surface area (Å²) in [7, 11) is 1.56. The van der Waals surface area contributed by atoms with E-state index < -0.39 is 36.0 Å². The molecule has 0 atom stereocenters. The fourth-order valence-electron chi connectivity index (χ4n) is 2.15. The summed E-state index contributed by atoms with van der Waals surface area (Å²) in [5.41, 5.74) is 0.330. The smallest absolute Gasteiger partial charge is 0.308 e. The molecule has 2 amide bonds. The number of rotatable bonds is 7. The number of carbonyl (C=O) groups is 3. The Balaban J connectivity index is 1.73. The van der Waals surface area contributed by atoms with Crippen LogP contribution in [0.4, 0.5) is 14.5 Å². The van der Waals surface area contributed by atoms with Crippen molar-refractivity contribution >= 4 is 23.5 Å². The minimum absolute atomic E-state index is 0.114. The number of esters is 1. The third-order valence-electron chi connectivity index (χ3n) is 3.66. The van der Waals surface area contributed by atoms with E-state index >= 15 is 0 Å². The Morgan fingerprint density at radius 2 is 1.78 bits per heavy atom. The highest BCUT2D eigenvalue weighted by Crippen LogP contribution is 2.11. The van der Waals surface area contributed by atoms with Gasteiger partial charge >= 0.3 is 5.97 Å². The van der Waals surface area contributed by atoms with Gasteiger partial charge in [-0.3, -0.25) is 14.4 Å². The molecule has 2 rings (SSSR count). The summed E-state index contributed by atoms with van der Waals surface area (Å²) in [5.74, 6) is -3.67. The third kappa shape index (κ3) is 5.88. The summed E-state index contributed by atoms with van der Waals surface area (Å²) in [6.07, 6.45) is -0.198. The van der Waals surface area contributed by atoms with Gasteiger partial charge in [-0.25, -0.2) is 8.78 Å². The first-order chi connectivity index (χ1) is 12.9. The number of hydrogen-bond donors (Lipinski definition) is 1. The van der Waals surface area contributed by atoms with Crippen LogP contribution in [0.3, 0.4) is 0 Å². The van der Waals surface area contributed by atoms with Crippen molar-refractivity contribution in [2.75, 3.05) is 25.1 Å². The van der Waals surface area contributed by atoms with Gasteiger partial charge < -0.3 is 15.0 Å². The van der Waals surface area contributed by atoms with Gasteiger partial charge in [-0.1, -0.05) is 18.2 Å². The molecular weight excluding hydrogens is 358 g/mol. The van der Waals surface area contributed by atoms with Gasteiger partial charge in [-0.05, 0) is 24.3 Å². The molecule has 1 N–H and O–H groups in total. The number of nitrogens with one attached hydrogen (secondary N) is 1. The maximum Gasteiger partial charge on any atom is 0.308 e. The second kappa shape index (κ2) is 9.42. The zero-order chi connectivity index (χ0) is 19.8. The zero-order valence-electron chi connectivity index (χ0n) is 14.6. The quantitative estimate of drug-likeness (QED) is 0.753. The monoisotopic (exact) mass is 376 g/mol. The van der Waals surface area contributed by atoms with Crippen LogP contribution in [-0.4, -0.2) is 38.0 Å². The first-order valence-corrected chi connectivity index (χ1v) is 8.09. The van der Waals surface area contributed by atoms with Crippen molar-refractivity contribution in [2.45, 2.75) is 6.42 Å². The summed E-state index contributed by atoms with van der Waals surface area (Å²) in [4.78, 5) is 36.8. The van der Waals surface area contributed by atoms with Crippen molar-refractivity contribution in [3.63, 3.8) is 0 Å². The van der Waals surface area contributed by atoms with Gasteiger partial charge in [-0.2, -0.15) is 0 Å². The summed E-state index contributed by atoms with van der Waals surface area (Å²) in [5, 5.41) is 2.33. The Morgan fingerprint density at radius 3 is 2.44 bits per heavy atom. The molecule has 0 aliphatic heterocycles.